The summed E-state index contributed by atoms with van der Waals surface area (Å²) in [5.74, 6) is 1.13. The summed E-state index contributed by atoms with van der Waals surface area (Å²) in [6, 6.07) is 40.3. The molecule has 2 aliphatic rings. The maximum absolute atomic E-state index is 6.26. The molecule has 0 saturated heterocycles. The third-order valence-electron chi connectivity index (χ3n) is 11.5. The summed E-state index contributed by atoms with van der Waals surface area (Å²) >= 11 is 0. The molecule has 1 atom stereocenters. The highest BCUT2D eigenvalue weighted by Gasteiger charge is 2.21. The SMILES string of the molecule is C=C(C)/C=C\C(=C)c1ccc(C)cc1.C=CCC/C=C\CC1(C)C=CC(C)=CC1.CC.CC.CCC.Cc1ccc(-c2ccccc2)cc1.Cc1ccccc1-c1c(C)ccc2c3c(oc12)CCC=C3. The highest BCUT2D eigenvalue weighted by atomic mass is 16.3. The minimum absolute atomic E-state index is 0.337. The molecule has 1 aromatic heterocycles. The van der Waals surface area contributed by atoms with Gasteiger partial charge in [-0.15, -0.1) is 6.58 Å². The molecule has 6 aromatic rings. The zero-order chi connectivity index (χ0) is 51.9. The van der Waals surface area contributed by atoms with E-state index >= 15 is 0 Å². The molecule has 0 radical (unpaired) electrons. The topological polar surface area (TPSA) is 13.1 Å². The van der Waals surface area contributed by atoms with Gasteiger partial charge in [-0.1, -0.05) is 266 Å². The zero-order valence-electron chi connectivity index (χ0n) is 45.7. The van der Waals surface area contributed by atoms with Crippen molar-refractivity contribution >= 4 is 22.6 Å². The molecule has 370 valence electrons. The first-order valence-electron chi connectivity index (χ1n) is 25.9. The van der Waals surface area contributed by atoms with Crippen LogP contribution < -0.4 is 0 Å². The van der Waals surface area contributed by atoms with E-state index in [-0.39, 0.29) is 0 Å². The van der Waals surface area contributed by atoms with E-state index in [1.54, 1.807) is 0 Å². The largest absolute Gasteiger partial charge is 0.460 e. The second-order valence-corrected chi connectivity index (χ2v) is 18.0. The van der Waals surface area contributed by atoms with Crippen LogP contribution in [-0.4, -0.2) is 0 Å². The average molecular weight is 933 g/mol. The van der Waals surface area contributed by atoms with Crippen LogP contribution in [0.5, 0.6) is 0 Å². The highest BCUT2D eigenvalue weighted by molar-refractivity contribution is 6.00. The number of unbranched alkanes of at least 4 members (excludes halogenated alkanes) is 1. The standard InChI is InChI=1S/C20H18O.C15H22.C14H16.C13H12.C3H8.2C2H6/c1-13-7-3-4-8-15(13)19-14(2)11-12-17-16-9-5-6-10-18(16)21-20(17)19;1-4-5-6-7-8-11-15(3)12-9-14(2)10-13-15;1-11(2)5-8-13(4)14-9-6-12(3)7-10-14;1-11-7-9-13(10-8-11)12-5-3-2-4-6-12;1-3-2;2*1-2/h3-5,7-9,11-12H,6,10H2,1-2H3;4,7-10,12H,1,5-6,11,13H2,2-3H3;5-10H,1,4H2,2-3H3;2-10H,1H3;3H2,1-2H3;2*1-2H3/b;8-7-;8-5-;;;;. The van der Waals surface area contributed by atoms with Crippen LogP contribution in [-0.2, 0) is 6.42 Å². The van der Waals surface area contributed by atoms with Gasteiger partial charge in [-0.05, 0) is 118 Å². The van der Waals surface area contributed by atoms with Crippen molar-refractivity contribution in [3.05, 3.63) is 240 Å². The average Bonchev–Trinajstić information content (AvgIpc) is 3.76. The van der Waals surface area contributed by atoms with Gasteiger partial charge in [0.25, 0.3) is 0 Å². The Morgan fingerprint density at radius 1 is 0.671 bits per heavy atom. The normalized spacial score (nSPS) is 13.9. The number of furan rings is 1. The summed E-state index contributed by atoms with van der Waals surface area (Å²) < 4.78 is 6.26. The van der Waals surface area contributed by atoms with Crippen molar-refractivity contribution in [3.63, 3.8) is 0 Å². The van der Waals surface area contributed by atoms with E-state index in [1.807, 2.05) is 58.9 Å². The third kappa shape index (κ3) is 20.3. The lowest BCUT2D eigenvalue weighted by Gasteiger charge is -2.26. The van der Waals surface area contributed by atoms with Crippen molar-refractivity contribution in [3.8, 4) is 22.3 Å². The molecular weight excluding hydrogens is 845 g/mol. The van der Waals surface area contributed by atoms with Gasteiger partial charge in [-0.2, -0.15) is 0 Å². The summed E-state index contributed by atoms with van der Waals surface area (Å²) in [4.78, 5) is 0. The minimum Gasteiger partial charge on any atom is -0.460 e. The molecule has 0 N–H and O–H groups in total. The number of allylic oxidation sites excluding steroid dienone is 12. The molecule has 5 aromatic carbocycles. The number of hydrogen-bond acceptors (Lipinski definition) is 1. The van der Waals surface area contributed by atoms with Crippen LogP contribution in [0.4, 0.5) is 0 Å². The Morgan fingerprint density at radius 2 is 1.27 bits per heavy atom. The van der Waals surface area contributed by atoms with Crippen molar-refractivity contribution in [2.45, 2.75) is 135 Å². The van der Waals surface area contributed by atoms with E-state index in [2.05, 4.69) is 227 Å². The van der Waals surface area contributed by atoms with Crippen molar-refractivity contribution in [2.75, 3.05) is 0 Å². The van der Waals surface area contributed by atoms with Crippen LogP contribution in [0.1, 0.15) is 140 Å². The first-order chi connectivity index (χ1) is 33.8. The molecule has 1 nitrogen and oxygen atoms in total. The maximum atomic E-state index is 6.26. The molecule has 0 saturated carbocycles. The monoisotopic (exact) mass is 933 g/mol. The van der Waals surface area contributed by atoms with Crippen molar-refractivity contribution in [2.24, 2.45) is 5.41 Å². The van der Waals surface area contributed by atoms with Crippen LogP contribution in [0.15, 0.2) is 205 Å². The van der Waals surface area contributed by atoms with Crippen molar-refractivity contribution in [1.82, 2.24) is 0 Å². The van der Waals surface area contributed by atoms with Gasteiger partial charge in [0.15, 0.2) is 0 Å². The fraction of sp³-hybridized carbons (Fsp3) is 0.304. The lowest BCUT2D eigenvalue weighted by Crippen LogP contribution is -2.13. The lowest BCUT2D eigenvalue weighted by atomic mass is 9.79. The summed E-state index contributed by atoms with van der Waals surface area (Å²) in [5, 5.41) is 1.24. The smallest absolute Gasteiger partial charge is 0.143 e. The molecule has 0 amide bonds. The van der Waals surface area contributed by atoms with Crippen LogP contribution in [0, 0.1) is 33.1 Å². The quantitative estimate of drug-likeness (QED) is 0.0758. The summed E-state index contributed by atoms with van der Waals surface area (Å²) in [5.41, 5.74) is 17.5. The van der Waals surface area contributed by atoms with E-state index in [0.29, 0.717) is 5.41 Å². The van der Waals surface area contributed by atoms with Crippen LogP contribution in [0.25, 0.3) is 44.9 Å². The van der Waals surface area contributed by atoms with E-state index in [1.165, 1.54) is 73.9 Å². The number of rotatable bonds is 10. The minimum atomic E-state index is 0.337. The Bertz CT molecular complexity index is 2610. The third-order valence-corrected chi connectivity index (χ3v) is 11.5. The fourth-order valence-corrected chi connectivity index (χ4v) is 7.48. The Kier molecular flexibility index (Phi) is 28.3. The Hall–Kier alpha value is -6.44. The predicted molar refractivity (Wildman–Crippen MR) is 317 cm³/mol. The molecule has 2 aliphatic carbocycles. The maximum Gasteiger partial charge on any atom is 0.143 e. The molecule has 8 rings (SSSR count). The predicted octanol–water partition coefficient (Wildman–Crippen LogP) is 21.8. The second kappa shape index (κ2) is 33.2. The van der Waals surface area contributed by atoms with Crippen molar-refractivity contribution < 1.29 is 4.42 Å². The summed E-state index contributed by atoms with van der Waals surface area (Å²) in [6.45, 7) is 38.7. The van der Waals surface area contributed by atoms with E-state index < -0.39 is 0 Å². The molecule has 1 heterocycles. The molecule has 0 aliphatic heterocycles. The van der Waals surface area contributed by atoms with Crippen molar-refractivity contribution in [1.29, 1.82) is 0 Å². The zero-order valence-corrected chi connectivity index (χ0v) is 45.7. The molecule has 0 spiro atoms. The van der Waals surface area contributed by atoms with Crippen LogP contribution in [0.3, 0.4) is 0 Å². The molecular formula is C69H88O. The first-order valence-corrected chi connectivity index (χ1v) is 25.9. The molecule has 0 bridgehead atoms. The summed E-state index contributed by atoms with van der Waals surface area (Å²) in [6.07, 6.45) is 29.7. The lowest BCUT2D eigenvalue weighted by molar-refractivity contribution is 0.434. The molecule has 1 unspecified atom stereocenters. The second-order valence-electron chi connectivity index (χ2n) is 18.0. The fourth-order valence-electron chi connectivity index (χ4n) is 7.48. The van der Waals surface area contributed by atoms with Gasteiger partial charge in [0.2, 0.25) is 0 Å². The number of hydrogen-bond donors (Lipinski definition) is 0. The number of aryl methyl sites for hydroxylation is 5. The molecule has 0 fully saturated rings. The Morgan fingerprint density at radius 3 is 1.86 bits per heavy atom. The van der Waals surface area contributed by atoms with Gasteiger partial charge < -0.3 is 4.42 Å². The first kappa shape index (κ1) is 59.7. The van der Waals surface area contributed by atoms with Gasteiger partial charge in [-0.25, -0.2) is 0 Å². The highest BCUT2D eigenvalue weighted by Crippen LogP contribution is 2.40. The molecule has 1 heteroatoms. The Labute approximate surface area is 427 Å². The number of benzene rings is 5. The van der Waals surface area contributed by atoms with Gasteiger partial charge in [0.1, 0.15) is 11.3 Å². The van der Waals surface area contributed by atoms with Gasteiger partial charge in [0.05, 0.1) is 0 Å². The van der Waals surface area contributed by atoms with E-state index in [4.69, 9.17) is 4.42 Å². The summed E-state index contributed by atoms with van der Waals surface area (Å²) in [7, 11) is 0. The van der Waals surface area contributed by atoms with Crippen LogP contribution in [0.2, 0.25) is 0 Å². The van der Waals surface area contributed by atoms with Crippen LogP contribution >= 0.6 is 0 Å². The van der Waals surface area contributed by atoms with Gasteiger partial charge in [0, 0.05) is 22.9 Å². The Balaban J connectivity index is 0.000000312. The van der Waals surface area contributed by atoms with E-state index in [0.717, 1.165) is 60.2 Å². The number of fused-ring (bicyclic) bond motifs is 3. The van der Waals surface area contributed by atoms with E-state index in [9.17, 15) is 0 Å². The van der Waals surface area contributed by atoms with Gasteiger partial charge in [-0.3, -0.25) is 0 Å². The molecule has 70 heavy (non-hydrogen) atoms. The van der Waals surface area contributed by atoms with Gasteiger partial charge >= 0.3 is 0 Å².